The molecular formula is C16H19N3O. The minimum absolute atomic E-state index is 0.0568. The maximum Gasteiger partial charge on any atom is 0.246 e. The van der Waals surface area contributed by atoms with Crippen LogP contribution < -0.4 is 10.6 Å². The first-order valence-electron chi connectivity index (χ1n) is 6.98. The maximum atomic E-state index is 12.0. The lowest BCUT2D eigenvalue weighted by Gasteiger charge is -2.21. The topological polar surface area (TPSA) is 56.9 Å². The highest BCUT2D eigenvalue weighted by molar-refractivity contribution is 5.94. The van der Waals surface area contributed by atoms with Crippen molar-refractivity contribution in [3.8, 4) is 0 Å². The number of nitrogens with one attached hydrogen (secondary N) is 3. The minimum atomic E-state index is 0.0568. The van der Waals surface area contributed by atoms with Gasteiger partial charge in [-0.25, -0.2) is 0 Å². The van der Waals surface area contributed by atoms with Gasteiger partial charge in [-0.05, 0) is 30.5 Å². The van der Waals surface area contributed by atoms with Gasteiger partial charge >= 0.3 is 0 Å². The molecule has 4 heteroatoms. The third-order valence-electron chi connectivity index (χ3n) is 3.90. The number of carbonyl (C=O) groups is 1. The molecule has 3 N–H and O–H groups in total. The Morgan fingerprint density at radius 1 is 1.30 bits per heavy atom. The summed E-state index contributed by atoms with van der Waals surface area (Å²) in [5.74, 6) is 0.0568. The quantitative estimate of drug-likeness (QED) is 0.741. The van der Waals surface area contributed by atoms with E-state index in [1.807, 2.05) is 25.3 Å². The number of para-hydroxylation sites is 1. The third kappa shape index (κ3) is 2.47. The highest BCUT2D eigenvalue weighted by Crippen LogP contribution is 2.17. The molecule has 104 valence electrons. The number of H-pyrrole nitrogens is 1. The molecule has 1 aliphatic rings. The summed E-state index contributed by atoms with van der Waals surface area (Å²) in [5.41, 5.74) is 4.47. The molecule has 1 aromatic heterocycles. The number of aromatic nitrogens is 1. The van der Waals surface area contributed by atoms with Crippen molar-refractivity contribution in [2.45, 2.75) is 13.3 Å². The fourth-order valence-corrected chi connectivity index (χ4v) is 2.46. The second-order valence-corrected chi connectivity index (χ2v) is 5.20. The van der Waals surface area contributed by atoms with Crippen LogP contribution in [-0.4, -0.2) is 30.5 Å². The Labute approximate surface area is 118 Å². The summed E-state index contributed by atoms with van der Waals surface area (Å²) in [6, 6.07) is 8.23. The number of benzene rings is 1. The van der Waals surface area contributed by atoms with E-state index in [4.69, 9.17) is 0 Å². The van der Waals surface area contributed by atoms with Crippen LogP contribution in [0.3, 0.4) is 0 Å². The first kappa shape index (κ1) is 12.9. The summed E-state index contributed by atoms with van der Waals surface area (Å²) in [5, 5.41) is 7.39. The van der Waals surface area contributed by atoms with E-state index in [2.05, 4.69) is 27.8 Å². The molecule has 1 saturated heterocycles. The highest BCUT2D eigenvalue weighted by Gasteiger charge is 2.15. The number of hydrogen-bond donors (Lipinski definition) is 3. The van der Waals surface area contributed by atoms with Crippen molar-refractivity contribution >= 4 is 16.8 Å². The van der Waals surface area contributed by atoms with Crippen molar-refractivity contribution in [3.63, 3.8) is 0 Å². The minimum Gasteiger partial charge on any atom is -0.361 e. The molecule has 4 nitrogen and oxygen atoms in total. The van der Waals surface area contributed by atoms with Gasteiger partial charge in [0.05, 0.1) is 0 Å². The number of hydrogen-bond acceptors (Lipinski definition) is 2. The van der Waals surface area contributed by atoms with Crippen molar-refractivity contribution in [1.29, 1.82) is 0 Å². The Kier molecular flexibility index (Phi) is 3.56. The van der Waals surface area contributed by atoms with E-state index in [0.717, 1.165) is 30.6 Å². The molecule has 2 heterocycles. The Morgan fingerprint density at radius 3 is 2.85 bits per heavy atom. The molecule has 0 atom stereocenters. The summed E-state index contributed by atoms with van der Waals surface area (Å²) < 4.78 is 0. The van der Waals surface area contributed by atoms with Crippen LogP contribution in [0.15, 0.2) is 41.6 Å². The molecule has 1 fully saturated rings. The number of fused-ring (bicyclic) bond motifs is 1. The van der Waals surface area contributed by atoms with Crippen LogP contribution in [0, 0.1) is 0 Å². The van der Waals surface area contributed by atoms with Crippen molar-refractivity contribution in [1.82, 2.24) is 15.6 Å². The molecular weight excluding hydrogens is 250 g/mol. The molecule has 0 spiro atoms. The number of aromatic amines is 1. The van der Waals surface area contributed by atoms with Gasteiger partial charge in [-0.1, -0.05) is 18.2 Å². The van der Waals surface area contributed by atoms with Crippen LogP contribution in [-0.2, 0) is 11.2 Å². The van der Waals surface area contributed by atoms with E-state index < -0.39 is 0 Å². The van der Waals surface area contributed by atoms with E-state index in [9.17, 15) is 4.79 Å². The SMILES string of the molecule is CC(C(=O)NCCc1c[nH]c2ccccc12)=C1CNC1. The van der Waals surface area contributed by atoms with Gasteiger partial charge in [-0.2, -0.15) is 0 Å². The second-order valence-electron chi connectivity index (χ2n) is 5.20. The lowest BCUT2D eigenvalue weighted by atomic mass is 10.0. The average molecular weight is 269 g/mol. The molecule has 1 aromatic carbocycles. The van der Waals surface area contributed by atoms with Crippen molar-refractivity contribution in [3.05, 3.63) is 47.2 Å². The zero-order valence-corrected chi connectivity index (χ0v) is 11.6. The maximum absolute atomic E-state index is 12.0. The van der Waals surface area contributed by atoms with Gasteiger partial charge in [0.2, 0.25) is 5.91 Å². The smallest absolute Gasteiger partial charge is 0.246 e. The molecule has 3 rings (SSSR count). The molecule has 1 amide bonds. The summed E-state index contributed by atoms with van der Waals surface area (Å²) >= 11 is 0. The zero-order valence-electron chi connectivity index (χ0n) is 11.6. The zero-order chi connectivity index (χ0) is 13.9. The van der Waals surface area contributed by atoms with Gasteiger partial charge in [0, 0.05) is 42.3 Å². The standard InChI is InChI=1S/C16H19N3O/c1-11(13-8-17-9-13)16(20)18-7-6-12-10-19-15-5-3-2-4-14(12)15/h2-5,10,17,19H,6-9H2,1H3,(H,18,20). The molecule has 2 aromatic rings. The number of amides is 1. The lowest BCUT2D eigenvalue weighted by molar-refractivity contribution is -0.117. The summed E-state index contributed by atoms with van der Waals surface area (Å²) in [4.78, 5) is 15.2. The second kappa shape index (κ2) is 5.51. The molecule has 0 unspecified atom stereocenters. The van der Waals surface area contributed by atoms with Crippen LogP contribution in [0.5, 0.6) is 0 Å². The van der Waals surface area contributed by atoms with Gasteiger partial charge in [0.15, 0.2) is 0 Å². The summed E-state index contributed by atoms with van der Waals surface area (Å²) in [6.07, 6.45) is 2.87. The molecule has 20 heavy (non-hydrogen) atoms. The van der Waals surface area contributed by atoms with Gasteiger partial charge in [-0.3, -0.25) is 4.79 Å². The predicted octanol–water partition coefficient (Wildman–Crippen LogP) is 1.75. The van der Waals surface area contributed by atoms with E-state index in [1.54, 1.807) is 0 Å². The largest absolute Gasteiger partial charge is 0.361 e. The number of carbonyl (C=O) groups excluding carboxylic acids is 1. The van der Waals surface area contributed by atoms with E-state index in [1.165, 1.54) is 16.5 Å². The van der Waals surface area contributed by atoms with Crippen LogP contribution in [0.2, 0.25) is 0 Å². The fourth-order valence-electron chi connectivity index (χ4n) is 2.46. The van der Waals surface area contributed by atoms with Gasteiger partial charge in [0.1, 0.15) is 0 Å². The van der Waals surface area contributed by atoms with Crippen molar-refractivity contribution in [2.75, 3.05) is 19.6 Å². The normalized spacial score (nSPS) is 14.2. The van der Waals surface area contributed by atoms with Gasteiger partial charge < -0.3 is 15.6 Å². The fraction of sp³-hybridized carbons (Fsp3) is 0.312. The van der Waals surface area contributed by atoms with Crippen molar-refractivity contribution in [2.24, 2.45) is 0 Å². The first-order chi connectivity index (χ1) is 9.75. The summed E-state index contributed by atoms with van der Waals surface area (Å²) in [7, 11) is 0. The molecule has 0 bridgehead atoms. The van der Waals surface area contributed by atoms with Crippen LogP contribution in [0.1, 0.15) is 12.5 Å². The average Bonchev–Trinajstić information content (AvgIpc) is 2.80. The third-order valence-corrected chi connectivity index (χ3v) is 3.90. The Balaban J connectivity index is 1.59. The molecule has 0 saturated carbocycles. The van der Waals surface area contributed by atoms with E-state index in [-0.39, 0.29) is 5.91 Å². The summed E-state index contributed by atoms with van der Waals surface area (Å²) in [6.45, 7) is 4.26. The van der Waals surface area contributed by atoms with Crippen molar-refractivity contribution < 1.29 is 4.79 Å². The van der Waals surface area contributed by atoms with Gasteiger partial charge in [-0.15, -0.1) is 0 Å². The highest BCUT2D eigenvalue weighted by atomic mass is 16.1. The Morgan fingerprint density at radius 2 is 2.10 bits per heavy atom. The predicted molar refractivity (Wildman–Crippen MR) is 80.6 cm³/mol. The van der Waals surface area contributed by atoms with Crippen LogP contribution in [0.4, 0.5) is 0 Å². The first-order valence-corrected chi connectivity index (χ1v) is 6.98. The monoisotopic (exact) mass is 269 g/mol. The Bertz CT molecular complexity index is 663. The van der Waals surface area contributed by atoms with Gasteiger partial charge in [0.25, 0.3) is 0 Å². The van der Waals surface area contributed by atoms with Crippen LogP contribution >= 0.6 is 0 Å². The van der Waals surface area contributed by atoms with E-state index >= 15 is 0 Å². The van der Waals surface area contributed by atoms with Crippen LogP contribution in [0.25, 0.3) is 10.9 Å². The Hall–Kier alpha value is -2.07. The lowest BCUT2D eigenvalue weighted by Crippen LogP contribution is -2.38. The molecule has 0 aliphatic carbocycles. The molecule has 1 aliphatic heterocycles. The van der Waals surface area contributed by atoms with E-state index in [0.29, 0.717) is 6.54 Å². The molecule has 0 radical (unpaired) electrons. The number of rotatable bonds is 4.